The van der Waals surface area contributed by atoms with E-state index in [-0.39, 0.29) is 55.7 Å². The van der Waals surface area contributed by atoms with Crippen molar-refractivity contribution in [3.8, 4) is 0 Å². The van der Waals surface area contributed by atoms with Crippen molar-refractivity contribution >= 4 is 21.9 Å². The van der Waals surface area contributed by atoms with Gasteiger partial charge in [0.2, 0.25) is 5.78 Å². The van der Waals surface area contributed by atoms with Crippen molar-refractivity contribution in [1.82, 2.24) is 14.9 Å². The summed E-state index contributed by atoms with van der Waals surface area (Å²) >= 11 is 0. The largest absolute Gasteiger partial charge is 0.461 e. The van der Waals surface area contributed by atoms with E-state index in [1.807, 2.05) is 0 Å². The Morgan fingerprint density at radius 2 is 2.20 bits per heavy atom. The molecule has 1 aliphatic heterocycles. The normalized spacial score (nSPS) is 25.0. The fraction of sp³-hybridized carbons (Fsp3) is 0.571. The fourth-order valence-corrected chi connectivity index (χ4v) is 4.90. The molecule has 0 amide bonds. The predicted octanol–water partition coefficient (Wildman–Crippen LogP) is 1.30. The van der Waals surface area contributed by atoms with E-state index in [1.54, 1.807) is 4.90 Å². The second kappa shape index (κ2) is 10.2. The SMILES string of the molecule is NS(=O)(=O)OC[C@H]1C[C@@H](Nc2ncncc2C(=O)c2cc(CN3CCCC(F)(F)C3)co2)C[C@@H]1O. The summed E-state index contributed by atoms with van der Waals surface area (Å²) in [7, 11) is -4.12. The van der Waals surface area contributed by atoms with Crippen molar-refractivity contribution in [2.24, 2.45) is 11.1 Å². The first kappa shape index (κ1) is 25.6. The molecule has 2 aromatic heterocycles. The number of halogens is 2. The third-order valence-corrected chi connectivity index (χ3v) is 6.62. The van der Waals surface area contributed by atoms with E-state index in [9.17, 15) is 27.1 Å². The first-order chi connectivity index (χ1) is 16.5. The molecule has 11 nitrogen and oxygen atoms in total. The quantitative estimate of drug-likeness (QED) is 0.415. The van der Waals surface area contributed by atoms with Crippen LogP contribution in [0.15, 0.2) is 29.3 Å². The minimum atomic E-state index is -4.12. The molecule has 0 unspecified atom stereocenters. The first-order valence-electron chi connectivity index (χ1n) is 11.1. The number of hydrogen-bond acceptors (Lipinski definition) is 10. The van der Waals surface area contributed by atoms with Crippen molar-refractivity contribution in [3.63, 3.8) is 0 Å². The molecule has 192 valence electrons. The highest BCUT2D eigenvalue weighted by Gasteiger charge is 2.36. The number of nitrogens with zero attached hydrogens (tertiary/aromatic N) is 3. The van der Waals surface area contributed by atoms with Crippen LogP contribution >= 0.6 is 0 Å². The van der Waals surface area contributed by atoms with Crippen molar-refractivity contribution < 1.29 is 35.7 Å². The van der Waals surface area contributed by atoms with Gasteiger partial charge in [0.25, 0.3) is 5.92 Å². The monoisotopic (exact) mass is 515 g/mol. The number of aliphatic hydroxyl groups is 1. The molecule has 0 aromatic carbocycles. The molecule has 14 heteroatoms. The zero-order chi connectivity index (χ0) is 25.2. The Balaban J connectivity index is 1.41. The van der Waals surface area contributed by atoms with Crippen LogP contribution in [-0.2, 0) is 21.0 Å². The molecule has 2 aromatic rings. The Bertz CT molecular complexity index is 1160. The van der Waals surface area contributed by atoms with Crippen LogP contribution in [0.5, 0.6) is 0 Å². The Kier molecular flexibility index (Phi) is 7.47. The smallest absolute Gasteiger partial charge is 0.333 e. The molecule has 2 aliphatic rings. The van der Waals surface area contributed by atoms with Crippen LogP contribution < -0.4 is 10.5 Å². The second-order valence-corrected chi connectivity index (χ2v) is 10.2. The highest BCUT2D eigenvalue weighted by atomic mass is 32.2. The number of hydrogen-bond donors (Lipinski definition) is 3. The third kappa shape index (κ3) is 6.79. The maximum atomic E-state index is 13.7. The number of ketones is 1. The van der Waals surface area contributed by atoms with Gasteiger partial charge in [0.05, 0.1) is 31.1 Å². The standard InChI is InChI=1S/C21H27F2N5O6S/c22-21(23)2-1-3-28(11-21)8-13-4-18(33-9-13)19(30)16-7-25-12-26-20(16)27-15-5-14(17(29)6-15)10-34-35(24,31)32/h4,7,9,12,14-15,17,29H,1-3,5-6,8,10-11H2,(H2,24,31,32)(H,25,26,27)/t14-,15-,17+/m1/s1. The van der Waals surface area contributed by atoms with Gasteiger partial charge in [-0.05, 0) is 31.9 Å². The van der Waals surface area contributed by atoms with Gasteiger partial charge in [-0.15, -0.1) is 0 Å². The molecular formula is C21H27F2N5O6S. The van der Waals surface area contributed by atoms with Gasteiger partial charge in [0.15, 0.2) is 5.76 Å². The number of aliphatic hydroxyl groups excluding tert-OH is 1. The number of nitrogens with one attached hydrogen (secondary N) is 1. The summed E-state index contributed by atoms with van der Waals surface area (Å²) in [5.74, 6) is -3.44. The third-order valence-electron chi connectivity index (χ3n) is 6.16. The molecule has 4 N–H and O–H groups in total. The van der Waals surface area contributed by atoms with Gasteiger partial charge in [-0.1, -0.05) is 0 Å². The van der Waals surface area contributed by atoms with E-state index in [1.165, 1.54) is 24.9 Å². The van der Waals surface area contributed by atoms with Crippen molar-refractivity contribution in [1.29, 1.82) is 0 Å². The first-order valence-corrected chi connectivity index (χ1v) is 12.6. The van der Waals surface area contributed by atoms with E-state index in [0.29, 0.717) is 24.9 Å². The molecule has 35 heavy (non-hydrogen) atoms. The zero-order valence-electron chi connectivity index (χ0n) is 18.8. The van der Waals surface area contributed by atoms with Gasteiger partial charge in [-0.25, -0.2) is 23.9 Å². The minimum absolute atomic E-state index is 0.0208. The topological polar surface area (TPSA) is 161 Å². The number of nitrogens with two attached hydrogens (primary N) is 1. The lowest BCUT2D eigenvalue weighted by Crippen LogP contribution is -2.41. The maximum absolute atomic E-state index is 13.7. The van der Waals surface area contributed by atoms with E-state index >= 15 is 0 Å². The van der Waals surface area contributed by atoms with E-state index < -0.39 is 34.0 Å². The summed E-state index contributed by atoms with van der Waals surface area (Å²) in [6.45, 7) is 0.191. The van der Waals surface area contributed by atoms with Crippen LogP contribution in [0.4, 0.5) is 14.6 Å². The van der Waals surface area contributed by atoms with Crippen LogP contribution in [0.3, 0.4) is 0 Å². The van der Waals surface area contributed by atoms with Crippen LogP contribution in [0.2, 0.25) is 0 Å². The number of rotatable bonds is 9. The summed E-state index contributed by atoms with van der Waals surface area (Å²) in [5.41, 5.74) is 0.741. The number of carbonyl (C=O) groups excluding carboxylic acids is 1. The molecule has 2 fully saturated rings. The van der Waals surface area contributed by atoms with Gasteiger partial charge in [-0.3, -0.25) is 13.9 Å². The number of furan rings is 1. The Labute approximate surface area is 200 Å². The minimum Gasteiger partial charge on any atom is -0.461 e. The highest BCUT2D eigenvalue weighted by molar-refractivity contribution is 7.84. The summed E-state index contributed by atoms with van der Waals surface area (Å²) in [5, 5.41) is 18.2. The predicted molar refractivity (Wildman–Crippen MR) is 119 cm³/mol. The zero-order valence-corrected chi connectivity index (χ0v) is 19.6. The molecule has 3 atom stereocenters. The molecule has 1 saturated heterocycles. The van der Waals surface area contributed by atoms with E-state index in [0.717, 1.165) is 0 Å². The average molecular weight is 516 g/mol. The highest BCUT2D eigenvalue weighted by Crippen LogP contribution is 2.31. The lowest BCUT2D eigenvalue weighted by Gasteiger charge is -2.31. The molecule has 0 radical (unpaired) electrons. The van der Waals surface area contributed by atoms with E-state index in [4.69, 9.17) is 9.56 Å². The Morgan fingerprint density at radius 3 is 2.94 bits per heavy atom. The summed E-state index contributed by atoms with van der Waals surface area (Å²) in [6, 6.07) is 1.21. The van der Waals surface area contributed by atoms with Gasteiger partial charge in [0.1, 0.15) is 12.1 Å². The van der Waals surface area contributed by atoms with E-state index in [2.05, 4.69) is 19.5 Å². The molecular weight excluding hydrogens is 488 g/mol. The Morgan fingerprint density at radius 1 is 1.40 bits per heavy atom. The van der Waals surface area contributed by atoms with Gasteiger partial charge < -0.3 is 14.8 Å². The van der Waals surface area contributed by atoms with Gasteiger partial charge in [-0.2, -0.15) is 8.42 Å². The number of anilines is 1. The lowest BCUT2D eigenvalue weighted by atomic mass is 10.1. The summed E-state index contributed by atoms with van der Waals surface area (Å²) in [4.78, 5) is 22.8. The molecule has 0 bridgehead atoms. The molecule has 4 rings (SSSR count). The van der Waals surface area contributed by atoms with Gasteiger partial charge >= 0.3 is 10.3 Å². The number of carbonyl (C=O) groups is 1. The molecule has 0 spiro atoms. The summed E-state index contributed by atoms with van der Waals surface area (Å²) < 4.78 is 59.4. The lowest BCUT2D eigenvalue weighted by molar-refractivity contribution is -0.0661. The van der Waals surface area contributed by atoms with Crippen molar-refractivity contribution in [2.75, 3.05) is 25.0 Å². The summed E-state index contributed by atoms with van der Waals surface area (Å²) in [6.07, 6.45) is 4.05. The maximum Gasteiger partial charge on any atom is 0.333 e. The molecule has 3 heterocycles. The number of piperidine rings is 1. The van der Waals surface area contributed by atoms with Crippen molar-refractivity contribution in [2.45, 2.75) is 50.3 Å². The average Bonchev–Trinajstić information content (AvgIpc) is 3.37. The van der Waals surface area contributed by atoms with Crippen LogP contribution in [0.25, 0.3) is 0 Å². The second-order valence-electron chi connectivity index (χ2n) is 9.02. The van der Waals surface area contributed by atoms with Crippen molar-refractivity contribution in [3.05, 3.63) is 41.7 Å². The van der Waals surface area contributed by atoms with Crippen LogP contribution in [-0.4, -0.2) is 71.9 Å². The number of alkyl halides is 2. The van der Waals surface area contributed by atoms with Gasteiger partial charge in [0, 0.05) is 36.7 Å². The number of likely N-dealkylation sites (tertiary alicyclic amines) is 1. The fourth-order valence-electron chi connectivity index (χ4n) is 4.54. The Hall–Kier alpha value is -2.52. The molecule has 1 aliphatic carbocycles. The van der Waals surface area contributed by atoms with Crippen LogP contribution in [0.1, 0.15) is 47.4 Å². The van der Waals surface area contributed by atoms with Crippen LogP contribution in [0, 0.1) is 5.92 Å². The molecule has 1 saturated carbocycles. The number of aromatic nitrogens is 2.